The van der Waals surface area contributed by atoms with E-state index in [9.17, 15) is 19.8 Å². The molecule has 0 rings (SSSR count). The lowest BCUT2D eigenvalue weighted by molar-refractivity contribution is -0.143. The second kappa shape index (κ2) is 48.5. The molecule has 0 saturated carbocycles. The fourth-order valence-electron chi connectivity index (χ4n) is 8.35. The molecule has 0 aromatic rings. The van der Waals surface area contributed by atoms with E-state index in [4.69, 9.17) is 4.74 Å². The SMILES string of the molecule is CCCCCCCCCCCCCCCCCCC(=O)OCCCCCCCCCCCCCCCC(=O)NC(CO)C(O)CCCCCCCCCCCCCC. The highest BCUT2D eigenvalue weighted by atomic mass is 16.5. The number of aliphatic hydroxyl groups excluding tert-OH is 2. The van der Waals surface area contributed by atoms with Crippen LogP contribution in [0.25, 0.3) is 0 Å². The summed E-state index contributed by atoms with van der Waals surface area (Å²) in [5.41, 5.74) is 0. The van der Waals surface area contributed by atoms with Crippen LogP contribution >= 0.6 is 0 Å². The summed E-state index contributed by atoms with van der Waals surface area (Å²) in [6, 6.07) is -0.548. The van der Waals surface area contributed by atoms with Crippen LogP contribution in [-0.4, -0.2) is 47.4 Å². The quantitative estimate of drug-likeness (QED) is 0.0420. The normalized spacial score (nSPS) is 12.6. The molecular weight excluding hydrogens is 719 g/mol. The Bertz CT molecular complexity index is 822. The van der Waals surface area contributed by atoms with Gasteiger partial charge in [-0.15, -0.1) is 0 Å². The van der Waals surface area contributed by atoms with Crippen LogP contribution in [-0.2, 0) is 14.3 Å². The van der Waals surface area contributed by atoms with Crippen LogP contribution in [0.3, 0.4) is 0 Å². The van der Waals surface area contributed by atoms with Crippen LogP contribution in [0.5, 0.6) is 0 Å². The molecule has 0 saturated heterocycles. The predicted octanol–water partition coefficient (Wildman–Crippen LogP) is 15.6. The van der Waals surface area contributed by atoms with Crippen molar-refractivity contribution in [2.45, 2.75) is 309 Å². The standard InChI is InChI=1S/C52H103NO5/c1-3-5-7-9-11-13-15-17-18-19-22-26-30-34-38-42-46-52(57)58-47-43-39-35-31-27-23-20-21-25-29-33-37-41-45-51(56)53-49(48-54)50(55)44-40-36-32-28-24-16-14-12-10-8-6-4-2/h49-50,54-55H,3-48H2,1-2H3,(H,53,56). The summed E-state index contributed by atoms with van der Waals surface area (Å²) >= 11 is 0. The number of aliphatic hydroxyl groups is 2. The third-order valence-electron chi connectivity index (χ3n) is 12.4. The van der Waals surface area contributed by atoms with Crippen LogP contribution in [0, 0.1) is 0 Å². The van der Waals surface area contributed by atoms with Gasteiger partial charge >= 0.3 is 5.97 Å². The summed E-state index contributed by atoms with van der Waals surface area (Å²) in [7, 11) is 0. The second-order valence-electron chi connectivity index (χ2n) is 18.2. The minimum atomic E-state index is -0.670. The van der Waals surface area contributed by atoms with Crippen LogP contribution in [0.15, 0.2) is 0 Å². The van der Waals surface area contributed by atoms with Gasteiger partial charge in [-0.3, -0.25) is 9.59 Å². The number of carbonyl (C=O) groups excluding carboxylic acids is 2. The number of hydrogen-bond donors (Lipinski definition) is 3. The number of nitrogens with one attached hydrogen (secondary N) is 1. The molecule has 0 heterocycles. The molecule has 0 fully saturated rings. The fourth-order valence-corrected chi connectivity index (χ4v) is 8.35. The van der Waals surface area contributed by atoms with Crippen molar-refractivity contribution in [1.82, 2.24) is 5.32 Å². The maximum Gasteiger partial charge on any atom is 0.305 e. The van der Waals surface area contributed by atoms with E-state index < -0.39 is 12.1 Å². The van der Waals surface area contributed by atoms with Crippen LogP contribution in [0.2, 0.25) is 0 Å². The lowest BCUT2D eigenvalue weighted by Crippen LogP contribution is -2.45. The first-order valence-corrected chi connectivity index (χ1v) is 26.3. The van der Waals surface area contributed by atoms with E-state index in [-0.39, 0.29) is 18.5 Å². The zero-order valence-corrected chi connectivity index (χ0v) is 39.3. The molecular formula is C52H103NO5. The Hall–Kier alpha value is -1.14. The van der Waals surface area contributed by atoms with Crippen LogP contribution in [0.4, 0.5) is 0 Å². The van der Waals surface area contributed by atoms with E-state index in [1.54, 1.807) is 0 Å². The van der Waals surface area contributed by atoms with Crippen LogP contribution in [0.1, 0.15) is 296 Å². The molecule has 58 heavy (non-hydrogen) atoms. The minimum Gasteiger partial charge on any atom is -0.466 e. The number of hydrogen-bond acceptors (Lipinski definition) is 5. The average molecular weight is 822 g/mol. The zero-order chi connectivity index (χ0) is 42.3. The Morgan fingerprint density at radius 1 is 0.414 bits per heavy atom. The van der Waals surface area contributed by atoms with Crippen molar-refractivity contribution in [3.05, 3.63) is 0 Å². The van der Waals surface area contributed by atoms with Gasteiger partial charge in [0.15, 0.2) is 0 Å². The lowest BCUT2D eigenvalue weighted by atomic mass is 10.0. The summed E-state index contributed by atoms with van der Waals surface area (Å²) in [4.78, 5) is 24.5. The molecule has 1 amide bonds. The molecule has 2 unspecified atom stereocenters. The summed E-state index contributed by atoms with van der Waals surface area (Å²) in [6.45, 7) is 4.94. The maximum atomic E-state index is 12.4. The molecule has 0 radical (unpaired) electrons. The van der Waals surface area contributed by atoms with Gasteiger partial charge in [0.05, 0.1) is 25.4 Å². The number of rotatable bonds is 49. The van der Waals surface area contributed by atoms with Crippen molar-refractivity contribution >= 4 is 11.9 Å². The monoisotopic (exact) mass is 822 g/mol. The van der Waals surface area contributed by atoms with E-state index >= 15 is 0 Å². The van der Waals surface area contributed by atoms with Gasteiger partial charge in [0, 0.05) is 12.8 Å². The average Bonchev–Trinajstić information content (AvgIpc) is 3.22. The number of unbranched alkanes of at least 4 members (excludes halogenated alkanes) is 38. The van der Waals surface area contributed by atoms with E-state index in [0.717, 1.165) is 51.4 Å². The molecule has 346 valence electrons. The highest BCUT2D eigenvalue weighted by Gasteiger charge is 2.20. The highest BCUT2D eigenvalue weighted by Crippen LogP contribution is 2.17. The third kappa shape index (κ3) is 44.4. The largest absolute Gasteiger partial charge is 0.466 e. The topological polar surface area (TPSA) is 95.9 Å². The van der Waals surface area contributed by atoms with Gasteiger partial charge in [-0.2, -0.15) is 0 Å². The van der Waals surface area contributed by atoms with Crippen molar-refractivity contribution in [1.29, 1.82) is 0 Å². The Morgan fingerprint density at radius 2 is 0.707 bits per heavy atom. The number of amides is 1. The Labute approximate surface area is 362 Å². The summed E-state index contributed by atoms with van der Waals surface area (Å²) in [6.07, 6.45) is 53.6. The minimum absolute atomic E-state index is 0.00151. The third-order valence-corrected chi connectivity index (χ3v) is 12.4. The van der Waals surface area contributed by atoms with Crippen molar-refractivity contribution in [3.8, 4) is 0 Å². The van der Waals surface area contributed by atoms with Gasteiger partial charge in [-0.05, 0) is 25.7 Å². The first kappa shape index (κ1) is 56.9. The van der Waals surface area contributed by atoms with Gasteiger partial charge in [-0.1, -0.05) is 258 Å². The molecule has 0 bridgehead atoms. The fraction of sp³-hybridized carbons (Fsp3) is 0.962. The summed E-state index contributed by atoms with van der Waals surface area (Å²) in [5.74, 6) is -0.0482. The van der Waals surface area contributed by atoms with Crippen molar-refractivity contribution in [2.24, 2.45) is 0 Å². The number of carbonyl (C=O) groups is 2. The van der Waals surface area contributed by atoms with E-state index in [1.807, 2.05) is 0 Å². The van der Waals surface area contributed by atoms with Crippen molar-refractivity contribution < 1.29 is 24.5 Å². The van der Waals surface area contributed by atoms with Gasteiger partial charge in [0.25, 0.3) is 0 Å². The predicted molar refractivity (Wildman–Crippen MR) is 250 cm³/mol. The molecule has 0 aliphatic carbocycles. The molecule has 2 atom stereocenters. The van der Waals surface area contributed by atoms with E-state index in [1.165, 1.54) is 212 Å². The molecule has 6 nitrogen and oxygen atoms in total. The van der Waals surface area contributed by atoms with Gasteiger partial charge < -0.3 is 20.3 Å². The molecule has 0 aliphatic heterocycles. The molecule has 0 spiro atoms. The summed E-state index contributed by atoms with van der Waals surface area (Å²) < 4.78 is 5.47. The Balaban J connectivity index is 3.41. The van der Waals surface area contributed by atoms with Crippen molar-refractivity contribution in [2.75, 3.05) is 13.2 Å². The van der Waals surface area contributed by atoms with Gasteiger partial charge in [-0.25, -0.2) is 0 Å². The van der Waals surface area contributed by atoms with Gasteiger partial charge in [0.2, 0.25) is 5.91 Å². The number of esters is 1. The molecule has 0 aromatic heterocycles. The highest BCUT2D eigenvalue weighted by molar-refractivity contribution is 5.76. The number of ether oxygens (including phenoxy) is 1. The van der Waals surface area contributed by atoms with Gasteiger partial charge in [0.1, 0.15) is 0 Å². The summed E-state index contributed by atoms with van der Waals surface area (Å²) in [5, 5.41) is 23.2. The Morgan fingerprint density at radius 3 is 1.05 bits per heavy atom. The zero-order valence-electron chi connectivity index (χ0n) is 39.3. The van der Waals surface area contributed by atoms with E-state index in [0.29, 0.717) is 25.9 Å². The van der Waals surface area contributed by atoms with E-state index in [2.05, 4.69) is 19.2 Å². The smallest absolute Gasteiger partial charge is 0.305 e. The molecule has 3 N–H and O–H groups in total. The molecule has 6 heteroatoms. The molecule has 0 aliphatic rings. The second-order valence-corrected chi connectivity index (χ2v) is 18.2. The lowest BCUT2D eigenvalue weighted by Gasteiger charge is -2.22. The van der Waals surface area contributed by atoms with Crippen LogP contribution < -0.4 is 5.32 Å². The Kier molecular flexibility index (Phi) is 47.6. The first-order valence-electron chi connectivity index (χ1n) is 26.3. The first-order chi connectivity index (χ1) is 28.5. The molecule has 0 aromatic carbocycles. The maximum absolute atomic E-state index is 12.4. The van der Waals surface area contributed by atoms with Crippen molar-refractivity contribution in [3.63, 3.8) is 0 Å².